The van der Waals surface area contributed by atoms with Gasteiger partial charge in [-0.3, -0.25) is 4.68 Å². The molecule has 1 N–H and O–H groups in total. The summed E-state index contributed by atoms with van der Waals surface area (Å²) in [5.74, 6) is -0.393. The lowest BCUT2D eigenvalue weighted by molar-refractivity contribution is 0.584. The monoisotopic (exact) mass is 309 g/mol. The molecule has 0 bridgehead atoms. The summed E-state index contributed by atoms with van der Waals surface area (Å²) in [7, 11) is 0. The lowest BCUT2D eigenvalue weighted by atomic mass is 10.2. The predicted octanol–water partition coefficient (Wildman–Crippen LogP) is 3.84. The minimum absolute atomic E-state index is 0.149. The van der Waals surface area contributed by atoms with E-state index in [-0.39, 0.29) is 5.02 Å². The fourth-order valence-electron chi connectivity index (χ4n) is 2.26. The molecule has 0 unspecified atom stereocenters. The van der Waals surface area contributed by atoms with Crippen LogP contribution in [0.1, 0.15) is 36.4 Å². The first-order valence-corrected chi connectivity index (χ1v) is 7.46. The highest BCUT2D eigenvalue weighted by atomic mass is 35.5. The topological polar surface area (TPSA) is 29.9 Å². The van der Waals surface area contributed by atoms with E-state index < -0.39 is 5.82 Å². The second-order valence-electron chi connectivity index (χ2n) is 5.59. The van der Waals surface area contributed by atoms with Gasteiger partial charge in [0.05, 0.1) is 17.3 Å². The minimum atomic E-state index is -0.393. The van der Waals surface area contributed by atoms with E-state index in [4.69, 9.17) is 11.6 Å². The molecule has 0 saturated heterocycles. The third-order valence-corrected chi connectivity index (χ3v) is 3.82. The second kappa shape index (κ2) is 6.58. The number of aryl methyl sites for hydroxylation is 1. The number of rotatable bonds is 5. The van der Waals surface area contributed by atoms with E-state index >= 15 is 0 Å². The van der Waals surface area contributed by atoms with Gasteiger partial charge in [-0.25, -0.2) is 4.39 Å². The Labute approximate surface area is 130 Å². The molecule has 0 saturated carbocycles. The molecule has 0 spiro atoms. The van der Waals surface area contributed by atoms with Crippen LogP contribution >= 0.6 is 11.6 Å². The van der Waals surface area contributed by atoms with E-state index in [0.29, 0.717) is 12.6 Å². The first-order valence-electron chi connectivity index (χ1n) is 7.08. The van der Waals surface area contributed by atoms with E-state index in [0.717, 1.165) is 23.5 Å². The van der Waals surface area contributed by atoms with Crippen LogP contribution in [0.3, 0.4) is 0 Å². The normalized spacial score (nSPS) is 11.4. The Morgan fingerprint density at radius 3 is 2.67 bits per heavy atom. The molecule has 21 heavy (non-hydrogen) atoms. The molecule has 1 aromatic carbocycles. The van der Waals surface area contributed by atoms with Gasteiger partial charge in [-0.2, -0.15) is 5.10 Å². The van der Waals surface area contributed by atoms with Gasteiger partial charge in [0, 0.05) is 23.8 Å². The molecule has 1 aromatic heterocycles. The van der Waals surface area contributed by atoms with Crippen LogP contribution in [0.2, 0.25) is 5.02 Å². The summed E-state index contributed by atoms with van der Waals surface area (Å²) < 4.78 is 15.1. The number of hydrogen-bond donors (Lipinski definition) is 1. The van der Waals surface area contributed by atoms with Crippen LogP contribution in [0.25, 0.3) is 0 Å². The third-order valence-electron chi connectivity index (χ3n) is 3.53. The summed E-state index contributed by atoms with van der Waals surface area (Å²) in [4.78, 5) is 0. The second-order valence-corrected chi connectivity index (χ2v) is 6.00. The van der Waals surface area contributed by atoms with Crippen molar-refractivity contribution in [3.63, 3.8) is 0 Å². The zero-order chi connectivity index (χ0) is 15.6. The number of nitrogens with zero attached hydrogens (tertiary/aromatic N) is 2. The standard InChI is InChI=1S/C16H21ClFN3/c1-10(2)19-8-14-11(3)20-21(12(14)4)9-13-5-6-16(18)15(17)7-13/h5-7,10,19H,8-9H2,1-4H3. The number of halogens is 2. The summed E-state index contributed by atoms with van der Waals surface area (Å²) in [6.45, 7) is 9.71. The van der Waals surface area contributed by atoms with Crippen LogP contribution < -0.4 is 5.32 Å². The molecule has 3 nitrogen and oxygen atoms in total. The number of nitrogens with one attached hydrogen (secondary N) is 1. The third kappa shape index (κ3) is 3.83. The zero-order valence-corrected chi connectivity index (χ0v) is 13.6. The van der Waals surface area contributed by atoms with Crippen LogP contribution in [-0.2, 0) is 13.1 Å². The van der Waals surface area contributed by atoms with Gasteiger partial charge in [0.2, 0.25) is 0 Å². The molecular weight excluding hydrogens is 289 g/mol. The van der Waals surface area contributed by atoms with Crippen LogP contribution in [0, 0.1) is 19.7 Å². The Hall–Kier alpha value is -1.39. The predicted molar refractivity (Wildman–Crippen MR) is 84.2 cm³/mol. The number of benzene rings is 1. The van der Waals surface area contributed by atoms with E-state index in [1.807, 2.05) is 11.6 Å². The molecule has 0 fully saturated rings. The summed E-state index contributed by atoms with van der Waals surface area (Å²) >= 11 is 5.83. The maximum absolute atomic E-state index is 13.2. The first-order chi connectivity index (χ1) is 9.88. The summed E-state index contributed by atoms with van der Waals surface area (Å²) in [5, 5.41) is 8.14. The van der Waals surface area contributed by atoms with E-state index in [9.17, 15) is 4.39 Å². The Kier molecular flexibility index (Phi) is 5.01. The number of aromatic nitrogens is 2. The van der Waals surface area contributed by atoms with Gasteiger partial charge in [-0.15, -0.1) is 0 Å². The molecule has 0 aliphatic rings. The van der Waals surface area contributed by atoms with E-state index in [2.05, 4.69) is 31.2 Å². The van der Waals surface area contributed by atoms with Crippen molar-refractivity contribution in [2.75, 3.05) is 0 Å². The van der Waals surface area contributed by atoms with Crippen LogP contribution in [0.15, 0.2) is 18.2 Å². The maximum Gasteiger partial charge on any atom is 0.141 e. The van der Waals surface area contributed by atoms with Gasteiger partial charge < -0.3 is 5.32 Å². The average molecular weight is 310 g/mol. The van der Waals surface area contributed by atoms with Crippen molar-refractivity contribution in [1.29, 1.82) is 0 Å². The van der Waals surface area contributed by atoms with Crippen molar-refractivity contribution < 1.29 is 4.39 Å². The molecule has 0 amide bonds. The minimum Gasteiger partial charge on any atom is -0.310 e. The lowest BCUT2D eigenvalue weighted by Gasteiger charge is -2.09. The van der Waals surface area contributed by atoms with Crippen molar-refractivity contribution in [3.05, 3.63) is 51.6 Å². The van der Waals surface area contributed by atoms with Crippen molar-refractivity contribution in [2.24, 2.45) is 0 Å². The molecule has 1 heterocycles. The van der Waals surface area contributed by atoms with Gasteiger partial charge in [0.1, 0.15) is 5.82 Å². The fourth-order valence-corrected chi connectivity index (χ4v) is 2.46. The van der Waals surface area contributed by atoms with E-state index in [1.54, 1.807) is 12.1 Å². The Morgan fingerprint density at radius 2 is 2.05 bits per heavy atom. The molecule has 5 heteroatoms. The van der Waals surface area contributed by atoms with Crippen LogP contribution in [-0.4, -0.2) is 15.8 Å². The lowest BCUT2D eigenvalue weighted by Crippen LogP contribution is -2.22. The molecule has 0 radical (unpaired) electrons. The van der Waals surface area contributed by atoms with Crippen molar-refractivity contribution in [2.45, 2.75) is 46.8 Å². The molecule has 2 rings (SSSR count). The highest BCUT2D eigenvalue weighted by Gasteiger charge is 2.12. The van der Waals surface area contributed by atoms with Crippen molar-refractivity contribution in [1.82, 2.24) is 15.1 Å². The maximum atomic E-state index is 13.2. The Morgan fingerprint density at radius 1 is 1.33 bits per heavy atom. The van der Waals surface area contributed by atoms with Gasteiger partial charge in [-0.1, -0.05) is 31.5 Å². The van der Waals surface area contributed by atoms with Gasteiger partial charge >= 0.3 is 0 Å². The smallest absolute Gasteiger partial charge is 0.141 e. The van der Waals surface area contributed by atoms with Gasteiger partial charge in [0.15, 0.2) is 0 Å². The van der Waals surface area contributed by atoms with Gasteiger partial charge in [0.25, 0.3) is 0 Å². The Bertz CT molecular complexity index is 635. The first kappa shape index (κ1) is 16.0. The van der Waals surface area contributed by atoms with Crippen molar-refractivity contribution in [3.8, 4) is 0 Å². The molecule has 0 aliphatic heterocycles. The molecule has 114 valence electrons. The summed E-state index contributed by atoms with van der Waals surface area (Å²) in [6, 6.07) is 5.22. The average Bonchev–Trinajstić information content (AvgIpc) is 2.67. The zero-order valence-electron chi connectivity index (χ0n) is 12.9. The molecule has 0 atom stereocenters. The highest BCUT2D eigenvalue weighted by molar-refractivity contribution is 6.30. The van der Waals surface area contributed by atoms with Crippen LogP contribution in [0.5, 0.6) is 0 Å². The highest BCUT2D eigenvalue weighted by Crippen LogP contribution is 2.19. The van der Waals surface area contributed by atoms with Gasteiger partial charge in [-0.05, 0) is 31.5 Å². The quantitative estimate of drug-likeness (QED) is 0.909. The molecular formula is C16H21ClFN3. The summed E-state index contributed by atoms with van der Waals surface area (Å²) in [6.07, 6.45) is 0. The fraction of sp³-hybridized carbons (Fsp3) is 0.438. The largest absolute Gasteiger partial charge is 0.310 e. The number of hydrogen-bond acceptors (Lipinski definition) is 2. The molecule has 0 aliphatic carbocycles. The summed E-state index contributed by atoms with van der Waals surface area (Å²) in [5.41, 5.74) is 4.31. The van der Waals surface area contributed by atoms with E-state index in [1.165, 1.54) is 11.6 Å². The molecule has 2 aromatic rings. The SMILES string of the molecule is Cc1nn(Cc2ccc(F)c(Cl)c2)c(C)c1CNC(C)C. The Balaban J connectivity index is 2.20. The van der Waals surface area contributed by atoms with Crippen LogP contribution in [0.4, 0.5) is 4.39 Å². The van der Waals surface area contributed by atoms with Crippen molar-refractivity contribution >= 4 is 11.6 Å².